The molecule has 0 aliphatic rings. The highest BCUT2D eigenvalue weighted by molar-refractivity contribution is 6.33. The lowest BCUT2D eigenvalue weighted by Crippen LogP contribution is -2.34. The lowest BCUT2D eigenvalue weighted by atomic mass is 10.1. The van der Waals surface area contributed by atoms with Crippen LogP contribution in [0.25, 0.3) is 0 Å². The molecule has 2 rings (SSSR count). The zero-order chi connectivity index (χ0) is 26.2. The van der Waals surface area contributed by atoms with E-state index in [4.69, 9.17) is 21.1 Å². The van der Waals surface area contributed by atoms with Gasteiger partial charge in [0.1, 0.15) is 0 Å². The van der Waals surface area contributed by atoms with Crippen molar-refractivity contribution in [1.29, 1.82) is 0 Å². The van der Waals surface area contributed by atoms with Gasteiger partial charge in [0.05, 0.1) is 30.5 Å². The van der Waals surface area contributed by atoms with Crippen molar-refractivity contribution in [1.82, 2.24) is 10.7 Å². The van der Waals surface area contributed by atoms with Crippen molar-refractivity contribution in [2.75, 3.05) is 13.7 Å². The molecule has 0 spiro atoms. The van der Waals surface area contributed by atoms with Crippen LogP contribution in [0.15, 0.2) is 47.6 Å². The van der Waals surface area contributed by atoms with E-state index < -0.39 is 11.9 Å². The van der Waals surface area contributed by atoms with Gasteiger partial charge in [0.25, 0.3) is 5.91 Å². The van der Waals surface area contributed by atoms with Crippen LogP contribution in [0.5, 0.6) is 11.5 Å². The standard InChI is InChI=1S/C27H34ClN3O5/c1-3-4-5-6-7-8-9-14-25(32)29-19-26(33)31-30-18-20-15-16-23(24(17-20)35-2)36-27(34)21-12-10-11-13-22(21)28/h10-13,15-18H,3-9,14,19H2,1-2H3,(H,29,32)(H,31,33). The number of hydrogen-bond acceptors (Lipinski definition) is 6. The Morgan fingerprint density at radius 3 is 2.39 bits per heavy atom. The van der Waals surface area contributed by atoms with Crippen molar-refractivity contribution in [2.45, 2.75) is 58.3 Å². The average Bonchev–Trinajstić information content (AvgIpc) is 2.87. The number of hydrogen-bond donors (Lipinski definition) is 2. The molecule has 2 N–H and O–H groups in total. The van der Waals surface area contributed by atoms with Gasteiger partial charge in [0, 0.05) is 6.42 Å². The number of nitrogens with zero attached hydrogens (tertiary/aromatic N) is 1. The molecular weight excluding hydrogens is 482 g/mol. The number of nitrogens with one attached hydrogen (secondary N) is 2. The summed E-state index contributed by atoms with van der Waals surface area (Å²) in [4.78, 5) is 36.2. The van der Waals surface area contributed by atoms with Crippen molar-refractivity contribution >= 4 is 35.6 Å². The predicted octanol–water partition coefficient (Wildman–Crippen LogP) is 5.27. The zero-order valence-electron chi connectivity index (χ0n) is 20.8. The minimum Gasteiger partial charge on any atom is -0.493 e. The molecule has 2 aromatic carbocycles. The molecular formula is C27H34ClN3O5. The van der Waals surface area contributed by atoms with Gasteiger partial charge in [-0.2, -0.15) is 5.10 Å². The fourth-order valence-electron chi connectivity index (χ4n) is 3.36. The Morgan fingerprint density at radius 1 is 0.944 bits per heavy atom. The van der Waals surface area contributed by atoms with E-state index in [1.807, 2.05) is 0 Å². The highest BCUT2D eigenvalue weighted by Gasteiger charge is 2.15. The number of benzene rings is 2. The first-order valence-electron chi connectivity index (χ1n) is 12.2. The van der Waals surface area contributed by atoms with Gasteiger partial charge in [0.15, 0.2) is 11.5 Å². The van der Waals surface area contributed by atoms with E-state index in [0.29, 0.717) is 17.7 Å². The van der Waals surface area contributed by atoms with Crippen LogP contribution in [0.3, 0.4) is 0 Å². The topological polar surface area (TPSA) is 106 Å². The molecule has 0 saturated heterocycles. The molecule has 36 heavy (non-hydrogen) atoms. The lowest BCUT2D eigenvalue weighted by Gasteiger charge is -2.10. The summed E-state index contributed by atoms with van der Waals surface area (Å²) < 4.78 is 10.7. The second kappa shape index (κ2) is 16.3. The van der Waals surface area contributed by atoms with E-state index in [9.17, 15) is 14.4 Å². The van der Waals surface area contributed by atoms with E-state index in [-0.39, 0.29) is 28.8 Å². The Kier molecular flexibility index (Phi) is 13.1. The molecule has 0 bridgehead atoms. The van der Waals surface area contributed by atoms with Crippen molar-refractivity contribution < 1.29 is 23.9 Å². The number of unbranched alkanes of at least 4 members (excludes halogenated alkanes) is 6. The minimum atomic E-state index is -0.610. The largest absolute Gasteiger partial charge is 0.493 e. The predicted molar refractivity (Wildman–Crippen MR) is 141 cm³/mol. The number of hydrazone groups is 1. The molecule has 0 atom stereocenters. The third-order valence-electron chi connectivity index (χ3n) is 5.34. The molecule has 0 aromatic heterocycles. The number of esters is 1. The molecule has 9 heteroatoms. The van der Waals surface area contributed by atoms with Crippen molar-refractivity contribution in [3.05, 3.63) is 58.6 Å². The van der Waals surface area contributed by atoms with Crippen LogP contribution in [0.1, 0.15) is 74.2 Å². The Morgan fingerprint density at radius 2 is 1.67 bits per heavy atom. The summed E-state index contributed by atoms with van der Waals surface area (Å²) in [5, 5.41) is 6.79. The van der Waals surface area contributed by atoms with Gasteiger partial charge in [-0.3, -0.25) is 9.59 Å². The summed E-state index contributed by atoms with van der Waals surface area (Å²) in [5.41, 5.74) is 3.21. The number of amides is 2. The minimum absolute atomic E-state index is 0.144. The molecule has 0 aliphatic heterocycles. The second-order valence-electron chi connectivity index (χ2n) is 8.22. The van der Waals surface area contributed by atoms with E-state index in [2.05, 4.69) is 22.8 Å². The number of carbonyl (C=O) groups is 3. The van der Waals surface area contributed by atoms with E-state index in [1.54, 1.807) is 42.5 Å². The van der Waals surface area contributed by atoms with Gasteiger partial charge in [-0.1, -0.05) is 69.2 Å². The third-order valence-corrected chi connectivity index (χ3v) is 5.67. The average molecular weight is 516 g/mol. The lowest BCUT2D eigenvalue weighted by molar-refractivity contribution is -0.126. The summed E-state index contributed by atoms with van der Waals surface area (Å²) in [6.07, 6.45) is 9.75. The Labute approximate surface area is 217 Å². The molecule has 0 unspecified atom stereocenters. The first-order valence-corrected chi connectivity index (χ1v) is 12.6. The normalized spacial score (nSPS) is 10.8. The highest BCUT2D eigenvalue weighted by Crippen LogP contribution is 2.29. The summed E-state index contributed by atoms with van der Waals surface area (Å²) >= 11 is 6.05. The van der Waals surface area contributed by atoms with Crippen molar-refractivity contribution in [2.24, 2.45) is 5.10 Å². The first-order chi connectivity index (χ1) is 17.4. The van der Waals surface area contributed by atoms with E-state index in [1.165, 1.54) is 39.0 Å². The second-order valence-corrected chi connectivity index (χ2v) is 8.63. The maximum atomic E-state index is 12.4. The van der Waals surface area contributed by atoms with Gasteiger partial charge >= 0.3 is 5.97 Å². The molecule has 0 fully saturated rings. The number of methoxy groups -OCH3 is 1. The maximum Gasteiger partial charge on any atom is 0.345 e. The molecule has 2 amide bonds. The third kappa shape index (κ3) is 10.5. The number of halogens is 1. The number of ether oxygens (including phenoxy) is 2. The molecule has 0 saturated carbocycles. The summed E-state index contributed by atoms with van der Waals surface area (Å²) in [5.74, 6) is -0.664. The van der Waals surface area contributed by atoms with Crippen LogP contribution >= 0.6 is 11.6 Å². The molecule has 0 radical (unpaired) electrons. The van der Waals surface area contributed by atoms with E-state index in [0.717, 1.165) is 19.3 Å². The first kappa shape index (κ1) is 28.8. The van der Waals surface area contributed by atoms with E-state index >= 15 is 0 Å². The van der Waals surface area contributed by atoms with Crippen LogP contribution in [-0.2, 0) is 9.59 Å². The summed E-state index contributed by atoms with van der Waals surface area (Å²) in [6.45, 7) is 2.04. The highest BCUT2D eigenvalue weighted by atomic mass is 35.5. The van der Waals surface area contributed by atoms with Crippen molar-refractivity contribution in [3.63, 3.8) is 0 Å². The van der Waals surface area contributed by atoms with Gasteiger partial charge in [-0.25, -0.2) is 10.2 Å². The maximum absolute atomic E-state index is 12.4. The SMILES string of the molecule is CCCCCCCCCC(=O)NCC(=O)NN=Cc1ccc(OC(=O)c2ccccc2Cl)c(OC)c1. The number of rotatable bonds is 15. The van der Waals surface area contributed by atoms with Crippen LogP contribution in [0, 0.1) is 0 Å². The Hall–Kier alpha value is -3.39. The Bertz CT molecular complexity index is 1040. The van der Waals surface area contributed by atoms with Crippen molar-refractivity contribution in [3.8, 4) is 11.5 Å². The zero-order valence-corrected chi connectivity index (χ0v) is 21.6. The molecule has 0 aliphatic carbocycles. The van der Waals surface area contributed by atoms with Crippen LogP contribution in [0.2, 0.25) is 5.02 Å². The molecule has 2 aromatic rings. The van der Waals surface area contributed by atoms with Crippen LogP contribution in [-0.4, -0.2) is 37.7 Å². The molecule has 0 heterocycles. The fraction of sp³-hybridized carbons (Fsp3) is 0.407. The van der Waals surface area contributed by atoms with Gasteiger partial charge in [-0.05, 0) is 42.3 Å². The molecule has 8 nitrogen and oxygen atoms in total. The quantitative estimate of drug-likeness (QED) is 0.110. The summed E-state index contributed by atoms with van der Waals surface area (Å²) in [6, 6.07) is 11.4. The van der Waals surface area contributed by atoms with Gasteiger partial charge in [0.2, 0.25) is 5.91 Å². The Balaban J connectivity index is 1.75. The monoisotopic (exact) mass is 515 g/mol. The number of carbonyl (C=O) groups excluding carboxylic acids is 3. The van der Waals surface area contributed by atoms with Gasteiger partial charge in [-0.15, -0.1) is 0 Å². The van der Waals surface area contributed by atoms with Crippen LogP contribution in [0.4, 0.5) is 0 Å². The summed E-state index contributed by atoms with van der Waals surface area (Å²) in [7, 11) is 1.44. The molecule has 194 valence electrons. The smallest absolute Gasteiger partial charge is 0.345 e. The van der Waals surface area contributed by atoms with Gasteiger partial charge < -0.3 is 14.8 Å². The van der Waals surface area contributed by atoms with Crippen LogP contribution < -0.4 is 20.2 Å². The fourth-order valence-corrected chi connectivity index (χ4v) is 3.57.